The highest BCUT2D eigenvalue weighted by Gasteiger charge is 2.27. The van der Waals surface area contributed by atoms with E-state index in [1.165, 1.54) is 0 Å². The first-order valence-electron chi connectivity index (χ1n) is 5.35. The van der Waals surface area contributed by atoms with Gasteiger partial charge in [0.2, 0.25) is 0 Å². The average Bonchev–Trinajstić information content (AvgIpc) is 2.67. The summed E-state index contributed by atoms with van der Waals surface area (Å²) in [5, 5.41) is 0. The van der Waals surface area contributed by atoms with E-state index in [2.05, 4.69) is 45.4 Å². The lowest BCUT2D eigenvalue weighted by Gasteiger charge is -2.22. The number of likely N-dealkylation sites (tertiary alicyclic amines) is 1. The van der Waals surface area contributed by atoms with Gasteiger partial charge in [-0.15, -0.1) is 0 Å². The second-order valence-electron chi connectivity index (χ2n) is 4.11. The van der Waals surface area contributed by atoms with Crippen molar-refractivity contribution in [2.45, 2.75) is 25.8 Å². The molecule has 1 atom stereocenters. The van der Waals surface area contributed by atoms with Crippen molar-refractivity contribution in [2.75, 3.05) is 6.54 Å². The minimum Gasteiger partial charge on any atom is -0.336 e. The highest BCUT2D eigenvalue weighted by Crippen LogP contribution is 2.25. The van der Waals surface area contributed by atoms with E-state index < -0.39 is 0 Å². The Bertz CT molecular complexity index is 421. The zero-order chi connectivity index (χ0) is 11.7. The number of rotatable bonds is 1. The van der Waals surface area contributed by atoms with Gasteiger partial charge in [0.1, 0.15) is 0 Å². The molecule has 2 nitrogen and oxygen atoms in total. The summed E-state index contributed by atoms with van der Waals surface area (Å²) in [6, 6.07) is 6.25. The van der Waals surface area contributed by atoms with Crippen LogP contribution in [0.5, 0.6) is 0 Å². The summed E-state index contributed by atoms with van der Waals surface area (Å²) in [6.07, 6.45) is 2.24. The SMILES string of the molecule is C[C@@H]1CCCN1C(=O)c1cc(I)ccc1Br. The molecular weight excluding hydrogens is 381 g/mol. The molecule has 0 N–H and O–H groups in total. The predicted octanol–water partition coefficient (Wildman–Crippen LogP) is 3.68. The molecule has 2 rings (SSSR count). The van der Waals surface area contributed by atoms with Gasteiger partial charge in [-0.05, 0) is 76.5 Å². The summed E-state index contributed by atoms with van der Waals surface area (Å²) in [6.45, 7) is 3.00. The Balaban J connectivity index is 2.29. The highest BCUT2D eigenvalue weighted by molar-refractivity contribution is 14.1. The quantitative estimate of drug-likeness (QED) is 0.666. The van der Waals surface area contributed by atoms with E-state index in [9.17, 15) is 4.79 Å². The van der Waals surface area contributed by atoms with Crippen LogP contribution in [0.1, 0.15) is 30.1 Å². The van der Waals surface area contributed by atoms with Crippen LogP contribution in [0.2, 0.25) is 0 Å². The molecule has 0 saturated carbocycles. The van der Waals surface area contributed by atoms with Gasteiger partial charge in [0.25, 0.3) is 5.91 Å². The van der Waals surface area contributed by atoms with Crippen molar-refractivity contribution in [2.24, 2.45) is 0 Å². The maximum atomic E-state index is 12.3. The van der Waals surface area contributed by atoms with Gasteiger partial charge in [0.15, 0.2) is 0 Å². The molecular formula is C12H13BrINO. The standard InChI is InChI=1S/C12H13BrINO/c1-8-3-2-6-15(8)12(16)10-7-9(14)4-5-11(10)13/h4-5,7-8H,2-3,6H2,1H3/t8-/m1/s1. The van der Waals surface area contributed by atoms with Crippen molar-refractivity contribution >= 4 is 44.4 Å². The topological polar surface area (TPSA) is 20.3 Å². The van der Waals surface area contributed by atoms with Crippen molar-refractivity contribution in [3.8, 4) is 0 Å². The molecule has 0 radical (unpaired) electrons. The molecule has 4 heteroatoms. The zero-order valence-electron chi connectivity index (χ0n) is 9.04. The summed E-state index contributed by atoms with van der Waals surface area (Å²) in [5.74, 6) is 0.149. The van der Waals surface area contributed by atoms with Crippen molar-refractivity contribution in [3.63, 3.8) is 0 Å². The van der Waals surface area contributed by atoms with E-state index >= 15 is 0 Å². The summed E-state index contributed by atoms with van der Waals surface area (Å²) < 4.78 is 1.98. The van der Waals surface area contributed by atoms with Crippen LogP contribution in [0.4, 0.5) is 0 Å². The van der Waals surface area contributed by atoms with E-state index in [1.807, 2.05) is 23.1 Å². The van der Waals surface area contributed by atoms with E-state index in [1.54, 1.807) is 0 Å². The third kappa shape index (κ3) is 2.42. The van der Waals surface area contributed by atoms with Crippen LogP contribution < -0.4 is 0 Å². The maximum Gasteiger partial charge on any atom is 0.255 e. The molecule has 86 valence electrons. The van der Waals surface area contributed by atoms with Gasteiger partial charge >= 0.3 is 0 Å². The maximum absolute atomic E-state index is 12.3. The fourth-order valence-electron chi connectivity index (χ4n) is 2.05. The van der Waals surface area contributed by atoms with Crippen molar-refractivity contribution in [1.82, 2.24) is 4.90 Å². The second-order valence-corrected chi connectivity index (χ2v) is 6.21. The Hall–Kier alpha value is -0.100. The monoisotopic (exact) mass is 393 g/mol. The van der Waals surface area contributed by atoms with Gasteiger partial charge in [-0.25, -0.2) is 0 Å². The first-order valence-corrected chi connectivity index (χ1v) is 7.23. The Morgan fingerprint density at radius 3 is 2.94 bits per heavy atom. The molecule has 0 unspecified atom stereocenters. The largest absolute Gasteiger partial charge is 0.336 e. The van der Waals surface area contributed by atoms with Gasteiger partial charge in [-0.2, -0.15) is 0 Å². The Morgan fingerprint density at radius 2 is 2.31 bits per heavy atom. The summed E-state index contributed by atoms with van der Waals surface area (Å²) in [7, 11) is 0. The van der Waals surface area contributed by atoms with E-state index in [4.69, 9.17) is 0 Å². The van der Waals surface area contributed by atoms with Crippen LogP contribution in [-0.4, -0.2) is 23.4 Å². The van der Waals surface area contributed by atoms with Crippen LogP contribution in [0, 0.1) is 3.57 Å². The molecule has 0 aromatic heterocycles. The summed E-state index contributed by atoms with van der Waals surface area (Å²) in [4.78, 5) is 14.3. The third-order valence-electron chi connectivity index (χ3n) is 2.97. The lowest BCUT2D eigenvalue weighted by Crippen LogP contribution is -2.33. The van der Waals surface area contributed by atoms with Crippen molar-refractivity contribution in [1.29, 1.82) is 0 Å². The van der Waals surface area contributed by atoms with Gasteiger partial charge in [-0.3, -0.25) is 4.79 Å². The number of halogens is 2. The van der Waals surface area contributed by atoms with Crippen LogP contribution in [0.25, 0.3) is 0 Å². The molecule has 1 heterocycles. The smallest absolute Gasteiger partial charge is 0.255 e. The molecule has 1 aromatic rings. The molecule has 1 aliphatic rings. The van der Waals surface area contributed by atoms with E-state index in [0.29, 0.717) is 6.04 Å². The number of hydrogen-bond donors (Lipinski definition) is 0. The van der Waals surface area contributed by atoms with E-state index in [-0.39, 0.29) is 5.91 Å². The number of nitrogens with zero attached hydrogens (tertiary/aromatic N) is 1. The first-order chi connectivity index (χ1) is 7.59. The molecule has 0 aliphatic carbocycles. The average molecular weight is 394 g/mol. The number of carbonyl (C=O) groups excluding carboxylic acids is 1. The second kappa shape index (κ2) is 5.04. The van der Waals surface area contributed by atoms with Crippen LogP contribution >= 0.6 is 38.5 Å². The molecule has 1 amide bonds. The normalized spacial score (nSPS) is 20.2. The van der Waals surface area contributed by atoms with Crippen molar-refractivity contribution in [3.05, 3.63) is 31.8 Å². The van der Waals surface area contributed by atoms with Gasteiger partial charge in [0, 0.05) is 20.6 Å². The lowest BCUT2D eigenvalue weighted by atomic mass is 10.2. The Kier molecular flexibility index (Phi) is 3.89. The Labute approximate surface area is 118 Å². The van der Waals surface area contributed by atoms with Gasteiger partial charge in [-0.1, -0.05) is 0 Å². The number of carbonyl (C=O) groups is 1. The van der Waals surface area contributed by atoms with Crippen LogP contribution in [0.15, 0.2) is 22.7 Å². The molecule has 1 aromatic carbocycles. The zero-order valence-corrected chi connectivity index (χ0v) is 12.8. The molecule has 1 aliphatic heterocycles. The number of benzene rings is 1. The fraction of sp³-hybridized carbons (Fsp3) is 0.417. The minimum absolute atomic E-state index is 0.149. The highest BCUT2D eigenvalue weighted by atomic mass is 127. The molecule has 1 saturated heterocycles. The van der Waals surface area contributed by atoms with Gasteiger partial charge in [0.05, 0.1) is 5.56 Å². The molecule has 1 fully saturated rings. The minimum atomic E-state index is 0.149. The fourth-order valence-corrected chi connectivity index (χ4v) is 2.96. The van der Waals surface area contributed by atoms with Gasteiger partial charge < -0.3 is 4.90 Å². The van der Waals surface area contributed by atoms with Crippen LogP contribution in [0.3, 0.4) is 0 Å². The Morgan fingerprint density at radius 1 is 1.56 bits per heavy atom. The number of amides is 1. The van der Waals surface area contributed by atoms with E-state index in [0.717, 1.165) is 33.0 Å². The third-order valence-corrected chi connectivity index (χ3v) is 4.34. The summed E-state index contributed by atoms with van der Waals surface area (Å²) >= 11 is 5.68. The summed E-state index contributed by atoms with van der Waals surface area (Å²) in [5.41, 5.74) is 0.778. The first kappa shape index (κ1) is 12.4. The van der Waals surface area contributed by atoms with Crippen LogP contribution in [-0.2, 0) is 0 Å². The predicted molar refractivity (Wildman–Crippen MR) is 76.6 cm³/mol. The molecule has 16 heavy (non-hydrogen) atoms. The lowest BCUT2D eigenvalue weighted by molar-refractivity contribution is 0.0746. The number of hydrogen-bond acceptors (Lipinski definition) is 1. The van der Waals surface area contributed by atoms with Crippen molar-refractivity contribution < 1.29 is 4.79 Å². The molecule has 0 bridgehead atoms. The molecule has 0 spiro atoms.